The Morgan fingerprint density at radius 2 is 1.38 bits per heavy atom. The Balaban J connectivity index is 1.46. The SMILES string of the molecule is O=C1c2ccccc2C(=O)N1CCc1nc2ccccc2c(=O)n1CCc1ccncc1. The summed E-state index contributed by atoms with van der Waals surface area (Å²) in [5.74, 6) is -0.0616. The Bertz CT molecular complexity index is 1360. The molecule has 2 aromatic carbocycles. The smallest absolute Gasteiger partial charge is 0.261 e. The third-order valence-electron chi connectivity index (χ3n) is 5.75. The minimum absolute atomic E-state index is 0.123. The van der Waals surface area contributed by atoms with E-state index in [9.17, 15) is 14.4 Å². The van der Waals surface area contributed by atoms with Crippen molar-refractivity contribution >= 4 is 22.7 Å². The first-order valence-electron chi connectivity index (χ1n) is 10.5. The van der Waals surface area contributed by atoms with E-state index < -0.39 is 0 Å². The Morgan fingerprint density at radius 1 is 0.719 bits per heavy atom. The van der Waals surface area contributed by atoms with Crippen molar-refractivity contribution in [3.05, 3.63) is 106 Å². The quantitative estimate of drug-likeness (QED) is 0.445. The molecule has 5 rings (SSSR count). The van der Waals surface area contributed by atoms with Gasteiger partial charge in [-0.1, -0.05) is 24.3 Å². The molecule has 1 aliphatic heterocycles. The van der Waals surface area contributed by atoms with Crippen LogP contribution in [0, 0.1) is 0 Å². The van der Waals surface area contributed by atoms with Crippen molar-refractivity contribution in [2.45, 2.75) is 19.4 Å². The molecule has 7 nitrogen and oxygen atoms in total. The number of fused-ring (bicyclic) bond motifs is 2. The molecule has 0 aliphatic carbocycles. The van der Waals surface area contributed by atoms with E-state index in [-0.39, 0.29) is 23.9 Å². The summed E-state index contributed by atoms with van der Waals surface area (Å²) in [5.41, 5.74) is 2.38. The van der Waals surface area contributed by atoms with E-state index in [1.54, 1.807) is 53.4 Å². The van der Waals surface area contributed by atoms with Crippen molar-refractivity contribution in [2.24, 2.45) is 0 Å². The van der Waals surface area contributed by atoms with Crippen molar-refractivity contribution < 1.29 is 9.59 Å². The highest BCUT2D eigenvalue weighted by molar-refractivity contribution is 6.21. The van der Waals surface area contributed by atoms with Crippen LogP contribution < -0.4 is 5.56 Å². The maximum Gasteiger partial charge on any atom is 0.261 e. The molecule has 0 spiro atoms. The number of aryl methyl sites for hydroxylation is 1. The van der Waals surface area contributed by atoms with E-state index in [4.69, 9.17) is 4.98 Å². The molecule has 0 saturated carbocycles. The molecule has 0 fully saturated rings. The van der Waals surface area contributed by atoms with Crippen LogP contribution in [0.2, 0.25) is 0 Å². The molecule has 0 saturated heterocycles. The molecule has 4 aromatic rings. The van der Waals surface area contributed by atoms with Crippen molar-refractivity contribution in [3.63, 3.8) is 0 Å². The van der Waals surface area contributed by atoms with Crippen molar-refractivity contribution in [2.75, 3.05) is 6.54 Å². The van der Waals surface area contributed by atoms with Gasteiger partial charge in [-0.25, -0.2) is 4.98 Å². The van der Waals surface area contributed by atoms with Gasteiger partial charge in [-0.05, 0) is 48.4 Å². The van der Waals surface area contributed by atoms with Gasteiger partial charge in [0.15, 0.2) is 0 Å². The molecular weight excluding hydrogens is 404 g/mol. The summed E-state index contributed by atoms with van der Waals surface area (Å²) in [6, 6.07) is 17.9. The lowest BCUT2D eigenvalue weighted by Gasteiger charge is -2.17. The number of carbonyl (C=O) groups is 2. The van der Waals surface area contributed by atoms with Crippen molar-refractivity contribution in [1.29, 1.82) is 0 Å². The molecule has 0 bridgehead atoms. The zero-order chi connectivity index (χ0) is 22.1. The van der Waals surface area contributed by atoms with Crippen LogP contribution >= 0.6 is 0 Å². The fraction of sp³-hybridized carbons (Fsp3) is 0.160. The number of carbonyl (C=O) groups excluding carboxylic acids is 2. The maximum absolute atomic E-state index is 13.2. The van der Waals surface area contributed by atoms with Gasteiger partial charge in [0.25, 0.3) is 17.4 Å². The summed E-state index contributed by atoms with van der Waals surface area (Å²) in [5, 5.41) is 0.548. The highest BCUT2D eigenvalue weighted by atomic mass is 16.2. The summed E-state index contributed by atoms with van der Waals surface area (Å²) in [6.07, 6.45) is 4.38. The number of nitrogens with zero attached hydrogens (tertiary/aromatic N) is 4. The molecule has 0 N–H and O–H groups in total. The normalized spacial score (nSPS) is 13.1. The number of hydrogen-bond acceptors (Lipinski definition) is 5. The molecule has 158 valence electrons. The van der Waals surface area contributed by atoms with E-state index in [1.165, 1.54) is 4.90 Å². The van der Waals surface area contributed by atoms with Gasteiger partial charge in [0.2, 0.25) is 0 Å². The van der Waals surface area contributed by atoms with Crippen LogP contribution in [-0.2, 0) is 19.4 Å². The molecule has 3 heterocycles. The predicted molar refractivity (Wildman–Crippen MR) is 119 cm³/mol. The minimum atomic E-state index is -0.308. The lowest BCUT2D eigenvalue weighted by atomic mass is 10.1. The number of para-hydroxylation sites is 1. The average Bonchev–Trinajstić information content (AvgIpc) is 3.07. The molecule has 2 aromatic heterocycles. The van der Waals surface area contributed by atoms with Crippen molar-refractivity contribution in [1.82, 2.24) is 19.4 Å². The zero-order valence-corrected chi connectivity index (χ0v) is 17.3. The highest BCUT2D eigenvalue weighted by Gasteiger charge is 2.34. The number of aromatic nitrogens is 3. The molecule has 0 unspecified atom stereocenters. The molecule has 32 heavy (non-hydrogen) atoms. The fourth-order valence-electron chi connectivity index (χ4n) is 4.08. The molecule has 0 atom stereocenters. The van der Waals surface area contributed by atoms with Gasteiger partial charge >= 0.3 is 0 Å². The predicted octanol–water partition coefficient (Wildman–Crippen LogP) is 2.87. The summed E-state index contributed by atoms with van der Waals surface area (Å²) >= 11 is 0. The number of benzene rings is 2. The Labute approximate surface area is 184 Å². The fourth-order valence-corrected chi connectivity index (χ4v) is 4.08. The Kier molecular flexibility index (Phi) is 5.07. The molecule has 2 amide bonds. The van der Waals surface area contributed by atoms with Gasteiger partial charge in [0, 0.05) is 31.9 Å². The Hall–Kier alpha value is -4.13. The lowest BCUT2D eigenvalue weighted by Crippen LogP contribution is -2.34. The first-order chi connectivity index (χ1) is 15.6. The monoisotopic (exact) mass is 424 g/mol. The van der Waals surface area contributed by atoms with E-state index in [0.717, 1.165) is 5.56 Å². The highest BCUT2D eigenvalue weighted by Crippen LogP contribution is 2.22. The number of rotatable bonds is 6. The minimum Gasteiger partial charge on any atom is -0.296 e. The van der Waals surface area contributed by atoms with Crippen LogP contribution in [0.5, 0.6) is 0 Å². The number of imide groups is 1. The second-order valence-corrected chi connectivity index (χ2v) is 7.66. The van der Waals surface area contributed by atoms with Crippen LogP contribution in [0.1, 0.15) is 32.1 Å². The standard InChI is InChI=1S/C25H20N4O3/c30-23-18-5-1-2-6-19(18)24(31)29(23)16-12-22-27-21-8-4-3-7-20(21)25(32)28(22)15-11-17-9-13-26-14-10-17/h1-10,13-14H,11-12,15-16H2. The summed E-state index contributed by atoms with van der Waals surface area (Å²) in [4.78, 5) is 48.6. The van der Waals surface area contributed by atoms with Gasteiger partial charge in [-0.2, -0.15) is 0 Å². The van der Waals surface area contributed by atoms with Gasteiger partial charge in [-0.15, -0.1) is 0 Å². The van der Waals surface area contributed by atoms with Crippen LogP contribution in [-0.4, -0.2) is 37.8 Å². The van der Waals surface area contributed by atoms with Crippen LogP contribution in [0.15, 0.2) is 77.9 Å². The van der Waals surface area contributed by atoms with Crippen molar-refractivity contribution in [3.8, 4) is 0 Å². The summed E-state index contributed by atoms with van der Waals surface area (Å²) < 4.78 is 1.65. The third-order valence-corrected chi connectivity index (χ3v) is 5.75. The summed E-state index contributed by atoms with van der Waals surface area (Å²) in [6.45, 7) is 0.602. The average molecular weight is 424 g/mol. The second kappa shape index (κ2) is 8.19. The largest absolute Gasteiger partial charge is 0.296 e. The van der Waals surface area contributed by atoms with Gasteiger partial charge in [0.05, 0.1) is 22.0 Å². The van der Waals surface area contributed by atoms with Gasteiger partial charge < -0.3 is 0 Å². The summed E-state index contributed by atoms with van der Waals surface area (Å²) in [7, 11) is 0. The van der Waals surface area contributed by atoms with Crippen LogP contribution in [0.25, 0.3) is 10.9 Å². The van der Waals surface area contributed by atoms with E-state index in [0.29, 0.717) is 47.2 Å². The van der Waals surface area contributed by atoms with Crippen LogP contribution in [0.4, 0.5) is 0 Å². The van der Waals surface area contributed by atoms with Gasteiger partial charge in [-0.3, -0.25) is 28.8 Å². The van der Waals surface area contributed by atoms with E-state index in [2.05, 4.69) is 4.98 Å². The lowest BCUT2D eigenvalue weighted by molar-refractivity contribution is 0.0655. The Morgan fingerprint density at radius 3 is 2.09 bits per heavy atom. The zero-order valence-electron chi connectivity index (χ0n) is 17.3. The number of hydrogen-bond donors (Lipinski definition) is 0. The maximum atomic E-state index is 13.2. The third kappa shape index (κ3) is 3.47. The molecule has 1 aliphatic rings. The van der Waals surface area contributed by atoms with E-state index in [1.807, 2.05) is 24.3 Å². The molecule has 0 radical (unpaired) electrons. The van der Waals surface area contributed by atoms with Crippen LogP contribution in [0.3, 0.4) is 0 Å². The topological polar surface area (TPSA) is 85.2 Å². The number of amides is 2. The van der Waals surface area contributed by atoms with E-state index >= 15 is 0 Å². The number of pyridine rings is 1. The van der Waals surface area contributed by atoms with Gasteiger partial charge in [0.1, 0.15) is 5.82 Å². The first kappa shape index (κ1) is 19.8. The second-order valence-electron chi connectivity index (χ2n) is 7.66. The molecular formula is C25H20N4O3. The first-order valence-corrected chi connectivity index (χ1v) is 10.5. The molecule has 7 heteroatoms.